The summed E-state index contributed by atoms with van der Waals surface area (Å²) in [5.41, 5.74) is -0.721. The van der Waals surface area contributed by atoms with E-state index in [1.807, 2.05) is 11.8 Å². The molecule has 7 heteroatoms. The summed E-state index contributed by atoms with van der Waals surface area (Å²) in [6.07, 6.45) is 0.203. The first-order valence-corrected chi connectivity index (χ1v) is 10.4. The van der Waals surface area contributed by atoms with Gasteiger partial charge in [0.1, 0.15) is 0 Å². The normalized spacial score (nSPS) is 23.0. The Kier molecular flexibility index (Phi) is 6.51. The zero-order valence-electron chi connectivity index (χ0n) is 14.7. The van der Waals surface area contributed by atoms with Crippen molar-refractivity contribution in [3.63, 3.8) is 0 Å². The molecule has 144 valence electrons. The molecule has 2 aliphatic rings. The summed E-state index contributed by atoms with van der Waals surface area (Å²) in [6.45, 7) is 2.61. The molecule has 0 aliphatic carbocycles. The minimum atomic E-state index is -4.43. The third-order valence-corrected chi connectivity index (χ3v) is 6.31. The Balaban J connectivity index is 1.52. The van der Waals surface area contributed by atoms with Crippen LogP contribution in [-0.4, -0.2) is 48.0 Å². The predicted molar refractivity (Wildman–Crippen MR) is 98.4 cm³/mol. The lowest BCUT2D eigenvalue weighted by Crippen LogP contribution is -2.46. The number of nitrogens with zero attached hydrogens (tertiary/aromatic N) is 1. The van der Waals surface area contributed by atoms with Crippen molar-refractivity contribution < 1.29 is 18.0 Å². The summed E-state index contributed by atoms with van der Waals surface area (Å²) < 4.78 is 38.4. The first kappa shape index (κ1) is 19.5. The van der Waals surface area contributed by atoms with E-state index in [2.05, 4.69) is 10.2 Å². The molecule has 2 fully saturated rings. The zero-order valence-corrected chi connectivity index (χ0v) is 15.5. The second kappa shape index (κ2) is 8.65. The van der Waals surface area contributed by atoms with E-state index in [0.29, 0.717) is 18.5 Å². The smallest absolute Gasteiger partial charge is 0.352 e. The second-order valence-electron chi connectivity index (χ2n) is 7.14. The number of hydrogen-bond donors (Lipinski definition) is 1. The molecule has 1 aromatic carbocycles. The first-order valence-electron chi connectivity index (χ1n) is 9.21. The summed E-state index contributed by atoms with van der Waals surface area (Å²) in [6, 6.07) is 5.26. The molecular formula is C19H25F3N2OS. The highest BCUT2D eigenvalue weighted by Gasteiger charge is 2.31. The Morgan fingerprint density at radius 2 is 2.00 bits per heavy atom. The standard InChI is InChI=1S/C19H25F3N2OS/c20-19(21,22)16-5-1-4-15(11-16)18(25)23-12-14-3-2-8-24(13-14)17-6-9-26-10-7-17/h1,4-5,11,14,17H,2-3,6-10,12-13H2,(H,23,25). The molecule has 1 aromatic rings. The van der Waals surface area contributed by atoms with Gasteiger partial charge in [0.05, 0.1) is 5.56 Å². The second-order valence-corrected chi connectivity index (χ2v) is 8.36. The Labute approximate surface area is 156 Å². The molecule has 1 atom stereocenters. The number of hydrogen-bond acceptors (Lipinski definition) is 3. The van der Waals surface area contributed by atoms with E-state index in [1.54, 1.807) is 0 Å². The molecule has 3 nitrogen and oxygen atoms in total. The van der Waals surface area contributed by atoms with Gasteiger partial charge in [0.15, 0.2) is 0 Å². The SMILES string of the molecule is O=C(NCC1CCCN(C2CCSCC2)C1)c1cccc(C(F)(F)F)c1. The van der Waals surface area contributed by atoms with Crippen molar-refractivity contribution >= 4 is 17.7 Å². The molecular weight excluding hydrogens is 361 g/mol. The van der Waals surface area contributed by atoms with Crippen LogP contribution in [-0.2, 0) is 6.18 Å². The van der Waals surface area contributed by atoms with E-state index in [1.165, 1.54) is 36.5 Å². The maximum Gasteiger partial charge on any atom is 0.416 e. The van der Waals surface area contributed by atoms with E-state index >= 15 is 0 Å². The first-order chi connectivity index (χ1) is 12.4. The highest BCUT2D eigenvalue weighted by atomic mass is 32.2. The van der Waals surface area contributed by atoms with Crippen molar-refractivity contribution in [2.75, 3.05) is 31.1 Å². The number of likely N-dealkylation sites (tertiary alicyclic amines) is 1. The van der Waals surface area contributed by atoms with Crippen LogP contribution in [0.1, 0.15) is 41.6 Å². The molecule has 1 amide bonds. The number of nitrogens with one attached hydrogen (secondary N) is 1. The number of carbonyl (C=O) groups excluding carboxylic acids is 1. The Bertz CT molecular complexity index is 617. The number of halogens is 3. The van der Waals surface area contributed by atoms with Gasteiger partial charge in [-0.25, -0.2) is 0 Å². The van der Waals surface area contributed by atoms with Crippen molar-refractivity contribution in [2.45, 2.75) is 37.9 Å². The van der Waals surface area contributed by atoms with Crippen LogP contribution in [0.2, 0.25) is 0 Å². The van der Waals surface area contributed by atoms with Gasteiger partial charge in [0.25, 0.3) is 5.91 Å². The van der Waals surface area contributed by atoms with Gasteiger partial charge in [-0.3, -0.25) is 9.69 Å². The van der Waals surface area contributed by atoms with Crippen LogP contribution >= 0.6 is 11.8 Å². The van der Waals surface area contributed by atoms with Crippen LogP contribution in [0.15, 0.2) is 24.3 Å². The number of carbonyl (C=O) groups is 1. The van der Waals surface area contributed by atoms with Crippen LogP contribution in [0.4, 0.5) is 13.2 Å². The van der Waals surface area contributed by atoms with Crippen LogP contribution in [0.5, 0.6) is 0 Å². The van der Waals surface area contributed by atoms with Crippen molar-refractivity contribution in [1.82, 2.24) is 10.2 Å². The minimum Gasteiger partial charge on any atom is -0.352 e. The highest BCUT2D eigenvalue weighted by Crippen LogP contribution is 2.29. The van der Waals surface area contributed by atoms with Gasteiger partial charge >= 0.3 is 6.18 Å². The number of thioether (sulfide) groups is 1. The Morgan fingerprint density at radius 3 is 2.73 bits per heavy atom. The molecule has 1 unspecified atom stereocenters. The fraction of sp³-hybridized carbons (Fsp3) is 0.632. The lowest BCUT2D eigenvalue weighted by atomic mass is 9.95. The minimum absolute atomic E-state index is 0.0665. The fourth-order valence-corrected chi connectivity index (χ4v) is 4.90. The molecule has 0 spiro atoms. The maximum atomic E-state index is 12.8. The number of alkyl halides is 3. The van der Waals surface area contributed by atoms with Crippen molar-refractivity contribution in [3.05, 3.63) is 35.4 Å². The molecule has 1 N–H and O–H groups in total. The summed E-state index contributed by atoms with van der Waals surface area (Å²) in [5, 5.41) is 2.83. The van der Waals surface area contributed by atoms with Crippen molar-refractivity contribution in [2.24, 2.45) is 5.92 Å². The molecule has 0 aromatic heterocycles. The molecule has 2 aliphatic heterocycles. The molecule has 2 heterocycles. The van der Waals surface area contributed by atoms with Crippen LogP contribution in [0, 0.1) is 5.92 Å². The van der Waals surface area contributed by atoms with Crippen molar-refractivity contribution in [1.29, 1.82) is 0 Å². The van der Waals surface area contributed by atoms with Gasteiger partial charge in [-0.05, 0) is 67.9 Å². The van der Waals surface area contributed by atoms with Gasteiger partial charge in [0.2, 0.25) is 0 Å². The predicted octanol–water partition coefficient (Wildman–Crippen LogP) is 4.04. The topological polar surface area (TPSA) is 32.3 Å². The van der Waals surface area contributed by atoms with Crippen LogP contribution in [0.3, 0.4) is 0 Å². The van der Waals surface area contributed by atoms with Crippen molar-refractivity contribution in [3.8, 4) is 0 Å². The van der Waals surface area contributed by atoms with Gasteiger partial charge in [-0.15, -0.1) is 0 Å². The number of piperidine rings is 1. The molecule has 3 rings (SSSR count). The number of amides is 1. The average molecular weight is 386 g/mol. The summed E-state index contributed by atoms with van der Waals surface area (Å²) in [5.74, 6) is 2.38. The number of benzene rings is 1. The summed E-state index contributed by atoms with van der Waals surface area (Å²) >= 11 is 2.01. The van der Waals surface area contributed by atoms with E-state index in [4.69, 9.17) is 0 Å². The molecule has 2 saturated heterocycles. The monoisotopic (exact) mass is 386 g/mol. The molecule has 0 saturated carbocycles. The molecule has 26 heavy (non-hydrogen) atoms. The Morgan fingerprint density at radius 1 is 1.23 bits per heavy atom. The van der Waals surface area contributed by atoms with E-state index < -0.39 is 17.6 Å². The molecule has 0 radical (unpaired) electrons. The van der Waals surface area contributed by atoms with Crippen LogP contribution < -0.4 is 5.32 Å². The number of rotatable bonds is 4. The molecule has 0 bridgehead atoms. The van der Waals surface area contributed by atoms with Gasteiger partial charge in [-0.2, -0.15) is 24.9 Å². The lowest BCUT2D eigenvalue weighted by Gasteiger charge is -2.40. The quantitative estimate of drug-likeness (QED) is 0.848. The van der Waals surface area contributed by atoms with Gasteiger partial charge in [-0.1, -0.05) is 6.07 Å². The third-order valence-electron chi connectivity index (χ3n) is 5.26. The zero-order chi connectivity index (χ0) is 18.6. The van der Waals surface area contributed by atoms with Gasteiger partial charge < -0.3 is 5.32 Å². The maximum absolute atomic E-state index is 12.8. The largest absolute Gasteiger partial charge is 0.416 e. The fourth-order valence-electron chi connectivity index (χ4n) is 3.82. The van der Waals surface area contributed by atoms with E-state index in [9.17, 15) is 18.0 Å². The highest BCUT2D eigenvalue weighted by molar-refractivity contribution is 7.99. The summed E-state index contributed by atoms with van der Waals surface area (Å²) in [7, 11) is 0. The van der Waals surface area contributed by atoms with E-state index in [-0.39, 0.29) is 5.56 Å². The Hall–Kier alpha value is -1.21. The average Bonchev–Trinajstić information content (AvgIpc) is 2.66. The third kappa shape index (κ3) is 5.16. The summed E-state index contributed by atoms with van der Waals surface area (Å²) in [4.78, 5) is 14.8. The van der Waals surface area contributed by atoms with Crippen LogP contribution in [0.25, 0.3) is 0 Å². The lowest BCUT2D eigenvalue weighted by molar-refractivity contribution is -0.137. The van der Waals surface area contributed by atoms with Gasteiger partial charge in [0, 0.05) is 24.7 Å². The van der Waals surface area contributed by atoms with E-state index in [0.717, 1.165) is 38.1 Å².